The Balaban J connectivity index is 2.06. The highest BCUT2D eigenvalue weighted by Crippen LogP contribution is 2.29. The van der Waals surface area contributed by atoms with Crippen molar-refractivity contribution in [3.63, 3.8) is 0 Å². The minimum Gasteiger partial charge on any atom is -0.396 e. The highest BCUT2D eigenvalue weighted by molar-refractivity contribution is 7.99. The molecule has 1 amide bonds. The fourth-order valence-electron chi connectivity index (χ4n) is 2.00. The normalized spacial score (nSPS) is 10.7. The molecule has 0 aliphatic carbocycles. The summed E-state index contributed by atoms with van der Waals surface area (Å²) in [5, 5.41) is 34.3. The number of thioether (sulfide) groups is 1. The Hall–Kier alpha value is -3.31. The third kappa shape index (κ3) is 5.59. The lowest BCUT2D eigenvalue weighted by molar-refractivity contribution is -0.387. The molecule has 0 unspecified atom stereocenters. The zero-order valence-corrected chi connectivity index (χ0v) is 14.6. The Labute approximate surface area is 157 Å². The second-order valence-corrected chi connectivity index (χ2v) is 6.20. The number of nitro groups is 2. The number of nitro benzene ring substituents is 2. The number of nitrogens with zero attached hydrogens (tertiary/aromatic N) is 3. The average Bonchev–Trinajstić information content (AvgIpc) is 2.66. The van der Waals surface area contributed by atoms with Crippen LogP contribution < -0.4 is 5.43 Å². The molecule has 2 N–H and O–H groups in total. The number of non-ortho nitro benzene ring substituents is 1. The molecule has 27 heavy (non-hydrogen) atoms. The lowest BCUT2D eigenvalue weighted by atomic mass is 10.2. The molecule has 0 atom stereocenters. The quantitative estimate of drug-likeness (QED) is 0.304. The number of nitrogens with one attached hydrogen (secondary N) is 1. The molecule has 2 rings (SSSR count). The van der Waals surface area contributed by atoms with Crippen LogP contribution in [0, 0.1) is 20.2 Å². The first-order valence-corrected chi connectivity index (χ1v) is 8.51. The first kappa shape index (κ1) is 20.0. The molecule has 0 fully saturated rings. The smallest absolute Gasteiger partial charge is 0.283 e. The van der Waals surface area contributed by atoms with Crippen molar-refractivity contribution in [2.45, 2.75) is 4.90 Å². The molecule has 2 aromatic carbocycles. The number of aliphatic hydroxyl groups is 1. The molecular formula is C16H14N4O6S. The molecule has 0 saturated carbocycles. The van der Waals surface area contributed by atoms with Crippen molar-refractivity contribution < 1.29 is 19.7 Å². The van der Waals surface area contributed by atoms with E-state index in [1.165, 1.54) is 42.6 Å². The van der Waals surface area contributed by atoms with E-state index in [9.17, 15) is 25.0 Å². The molecule has 0 aromatic heterocycles. The fraction of sp³-hybridized carbons (Fsp3) is 0.125. The lowest BCUT2D eigenvalue weighted by Crippen LogP contribution is -2.17. The van der Waals surface area contributed by atoms with E-state index in [0.29, 0.717) is 16.2 Å². The molecule has 0 radical (unpaired) electrons. The maximum atomic E-state index is 11.9. The third-order valence-electron chi connectivity index (χ3n) is 3.25. The number of hydrazone groups is 1. The van der Waals surface area contributed by atoms with E-state index in [4.69, 9.17) is 5.11 Å². The van der Waals surface area contributed by atoms with Gasteiger partial charge in [0.25, 0.3) is 17.3 Å². The number of carbonyl (C=O) groups is 1. The molecule has 0 aliphatic rings. The van der Waals surface area contributed by atoms with Crippen LogP contribution in [0.4, 0.5) is 11.4 Å². The number of carbonyl (C=O) groups excluding carboxylic acids is 1. The lowest BCUT2D eigenvalue weighted by Gasteiger charge is -2.03. The van der Waals surface area contributed by atoms with Crippen LogP contribution in [0.5, 0.6) is 0 Å². The molecule has 0 aliphatic heterocycles. The minimum absolute atomic E-state index is 0.0975. The van der Waals surface area contributed by atoms with Gasteiger partial charge in [-0.05, 0) is 18.2 Å². The van der Waals surface area contributed by atoms with Crippen LogP contribution >= 0.6 is 11.8 Å². The summed E-state index contributed by atoms with van der Waals surface area (Å²) in [4.78, 5) is 33.0. The maximum Gasteiger partial charge on any atom is 0.283 e. The summed E-state index contributed by atoms with van der Waals surface area (Å²) in [6, 6.07) is 9.42. The van der Waals surface area contributed by atoms with Gasteiger partial charge < -0.3 is 5.11 Å². The molecule has 10 nitrogen and oxygen atoms in total. The van der Waals surface area contributed by atoms with Gasteiger partial charge in [-0.3, -0.25) is 25.0 Å². The average molecular weight is 390 g/mol. The summed E-state index contributed by atoms with van der Waals surface area (Å²) >= 11 is 1.16. The van der Waals surface area contributed by atoms with Crippen LogP contribution in [0.3, 0.4) is 0 Å². The molecule has 0 spiro atoms. The van der Waals surface area contributed by atoms with Gasteiger partial charge in [0, 0.05) is 35.1 Å². The van der Waals surface area contributed by atoms with E-state index in [-0.39, 0.29) is 23.5 Å². The minimum atomic E-state index is -0.578. The van der Waals surface area contributed by atoms with E-state index in [1.54, 1.807) is 6.07 Å². The van der Waals surface area contributed by atoms with Crippen molar-refractivity contribution in [1.29, 1.82) is 0 Å². The predicted molar refractivity (Wildman–Crippen MR) is 99.1 cm³/mol. The van der Waals surface area contributed by atoms with Gasteiger partial charge in [-0.15, -0.1) is 11.8 Å². The van der Waals surface area contributed by atoms with Crippen molar-refractivity contribution >= 4 is 35.3 Å². The topological polar surface area (TPSA) is 148 Å². The van der Waals surface area contributed by atoms with Crippen LogP contribution in [0.15, 0.2) is 52.5 Å². The molecule has 0 saturated heterocycles. The highest BCUT2D eigenvalue weighted by atomic mass is 32.2. The number of aliphatic hydroxyl groups excluding tert-OH is 1. The van der Waals surface area contributed by atoms with Crippen molar-refractivity contribution in [3.05, 3.63) is 73.8 Å². The zero-order valence-electron chi connectivity index (χ0n) is 13.8. The molecule has 140 valence electrons. The Morgan fingerprint density at radius 1 is 1.15 bits per heavy atom. The summed E-state index contributed by atoms with van der Waals surface area (Å²) in [5.41, 5.74) is 2.56. The molecule has 2 aromatic rings. The van der Waals surface area contributed by atoms with Crippen molar-refractivity contribution in [3.8, 4) is 0 Å². The van der Waals surface area contributed by atoms with E-state index < -0.39 is 15.8 Å². The summed E-state index contributed by atoms with van der Waals surface area (Å²) in [5.74, 6) is -0.245. The monoisotopic (exact) mass is 390 g/mol. The molecule has 11 heteroatoms. The summed E-state index contributed by atoms with van der Waals surface area (Å²) in [6.45, 7) is -0.0975. The summed E-state index contributed by atoms with van der Waals surface area (Å²) in [7, 11) is 0. The standard InChI is InChI=1S/C16H14N4O6S/c21-7-8-27-15-6-1-11(9-14(15)20(25)26)10-17-18-16(22)12-2-4-13(5-3-12)19(23)24/h1-6,9-10,21H,7-8H2,(H,18,22)/b17-10-. The Morgan fingerprint density at radius 3 is 2.44 bits per heavy atom. The summed E-state index contributed by atoms with van der Waals surface area (Å²) < 4.78 is 0. The van der Waals surface area contributed by atoms with Gasteiger partial charge in [-0.2, -0.15) is 5.10 Å². The number of rotatable bonds is 8. The SMILES string of the molecule is O=C(N/N=C\c1ccc(SCCO)c([N+](=O)[O-])c1)c1ccc([N+](=O)[O-])cc1. The number of amides is 1. The van der Waals surface area contributed by atoms with Gasteiger partial charge >= 0.3 is 0 Å². The van der Waals surface area contributed by atoms with E-state index in [0.717, 1.165) is 11.8 Å². The van der Waals surface area contributed by atoms with Crippen molar-refractivity contribution in [2.75, 3.05) is 12.4 Å². The number of benzene rings is 2. The number of hydrogen-bond donors (Lipinski definition) is 2. The van der Waals surface area contributed by atoms with Crippen LogP contribution in [-0.2, 0) is 0 Å². The van der Waals surface area contributed by atoms with Gasteiger partial charge in [0.15, 0.2) is 0 Å². The Morgan fingerprint density at radius 2 is 1.85 bits per heavy atom. The van der Waals surface area contributed by atoms with Crippen molar-refractivity contribution in [1.82, 2.24) is 5.43 Å². The van der Waals surface area contributed by atoms with Crippen LogP contribution in [0.25, 0.3) is 0 Å². The maximum absolute atomic E-state index is 11.9. The van der Waals surface area contributed by atoms with Gasteiger partial charge in [0.05, 0.1) is 27.6 Å². The van der Waals surface area contributed by atoms with Crippen LogP contribution in [0.2, 0.25) is 0 Å². The third-order valence-corrected chi connectivity index (χ3v) is 4.29. The van der Waals surface area contributed by atoms with Crippen LogP contribution in [-0.4, -0.2) is 39.4 Å². The Bertz CT molecular complexity index is 885. The first-order valence-electron chi connectivity index (χ1n) is 7.52. The largest absolute Gasteiger partial charge is 0.396 e. The first-order chi connectivity index (χ1) is 12.9. The highest BCUT2D eigenvalue weighted by Gasteiger charge is 2.14. The van der Waals surface area contributed by atoms with Gasteiger partial charge in [-0.25, -0.2) is 5.43 Å². The van der Waals surface area contributed by atoms with Crippen LogP contribution in [0.1, 0.15) is 15.9 Å². The number of hydrogen-bond acceptors (Lipinski definition) is 8. The Kier molecular flexibility index (Phi) is 6.97. The second kappa shape index (κ2) is 9.40. The molecular weight excluding hydrogens is 376 g/mol. The van der Waals surface area contributed by atoms with Gasteiger partial charge in [-0.1, -0.05) is 6.07 Å². The van der Waals surface area contributed by atoms with Gasteiger partial charge in [0.2, 0.25) is 0 Å². The summed E-state index contributed by atoms with van der Waals surface area (Å²) in [6.07, 6.45) is 1.25. The van der Waals surface area contributed by atoms with E-state index in [2.05, 4.69) is 10.5 Å². The van der Waals surface area contributed by atoms with Crippen molar-refractivity contribution in [2.24, 2.45) is 5.10 Å². The second-order valence-electron chi connectivity index (χ2n) is 5.06. The predicted octanol–water partition coefficient (Wildman–Crippen LogP) is 2.35. The molecule has 0 heterocycles. The fourth-order valence-corrected chi connectivity index (χ4v) is 2.76. The van der Waals surface area contributed by atoms with E-state index >= 15 is 0 Å². The zero-order chi connectivity index (χ0) is 19.8. The molecule has 0 bridgehead atoms. The van der Waals surface area contributed by atoms with Gasteiger partial charge in [0.1, 0.15) is 0 Å². The van der Waals surface area contributed by atoms with E-state index in [1.807, 2.05) is 0 Å².